The fraction of sp³-hybridized carbons (Fsp3) is 0.273. The summed E-state index contributed by atoms with van der Waals surface area (Å²) in [7, 11) is 5.89. The number of fused-ring (bicyclic) bond motifs is 1. The first-order chi connectivity index (χ1) is 14.9. The Labute approximate surface area is 187 Å². The van der Waals surface area contributed by atoms with E-state index in [1.165, 1.54) is 28.4 Å². The lowest BCUT2D eigenvalue weighted by Gasteiger charge is -2.18. The first kappa shape index (κ1) is 22.5. The Balaban J connectivity index is 1.99. The van der Waals surface area contributed by atoms with Gasteiger partial charge in [-0.15, -0.1) is 0 Å². The zero-order valence-corrected chi connectivity index (χ0v) is 19.2. The molecule has 0 saturated heterocycles. The number of benzene rings is 2. The number of nitrogens with one attached hydrogen (secondary N) is 2. The predicted octanol–water partition coefficient (Wildman–Crippen LogP) is 3.99. The van der Waals surface area contributed by atoms with E-state index in [-0.39, 0.29) is 12.1 Å². The molecule has 3 rings (SSSR count). The van der Waals surface area contributed by atoms with Gasteiger partial charge in [0.15, 0.2) is 11.5 Å². The monoisotopic (exact) mass is 490 g/mol. The minimum absolute atomic E-state index is 0.0145. The van der Waals surface area contributed by atoms with Crippen molar-refractivity contribution in [1.29, 1.82) is 0 Å². The maximum Gasteiger partial charge on any atom is 0.307 e. The third-order valence-electron chi connectivity index (χ3n) is 4.84. The Hall–Kier alpha value is -3.20. The van der Waals surface area contributed by atoms with Crippen molar-refractivity contribution in [2.75, 3.05) is 28.4 Å². The lowest BCUT2D eigenvalue weighted by molar-refractivity contribution is -0.141. The molecule has 0 aliphatic heterocycles. The van der Waals surface area contributed by atoms with Crippen LogP contribution in [0.5, 0.6) is 17.2 Å². The molecule has 1 amide bonds. The summed E-state index contributed by atoms with van der Waals surface area (Å²) in [4.78, 5) is 28.1. The molecular weight excluding hydrogens is 468 g/mol. The third-order valence-corrected chi connectivity index (χ3v) is 5.33. The standard InChI is InChI=1S/C22H23BrN2O6/c1-28-17-11-18(29-2)21(31-4)20-14(17)9-16(24-20)22(27)25-15(10-19(26)30-3)12-6-5-7-13(23)8-12/h5-9,11,15,24H,10H2,1-4H3,(H,25,27). The minimum atomic E-state index is -0.581. The number of amides is 1. The van der Waals surface area contributed by atoms with Crippen molar-refractivity contribution >= 4 is 38.7 Å². The molecule has 1 atom stereocenters. The average molecular weight is 491 g/mol. The van der Waals surface area contributed by atoms with Crippen LogP contribution in [0, 0.1) is 0 Å². The van der Waals surface area contributed by atoms with Crippen molar-refractivity contribution in [3.8, 4) is 17.2 Å². The van der Waals surface area contributed by atoms with Crippen molar-refractivity contribution < 1.29 is 28.5 Å². The van der Waals surface area contributed by atoms with Gasteiger partial charge in [-0.05, 0) is 23.8 Å². The van der Waals surface area contributed by atoms with E-state index in [0.717, 1.165) is 10.0 Å². The van der Waals surface area contributed by atoms with E-state index in [9.17, 15) is 9.59 Å². The SMILES string of the molecule is COC(=O)CC(NC(=O)c1cc2c(OC)cc(OC)c(OC)c2[nH]1)c1cccc(Br)c1. The second-order valence-electron chi connectivity index (χ2n) is 6.65. The van der Waals surface area contributed by atoms with Crippen LogP contribution < -0.4 is 19.5 Å². The second-order valence-corrected chi connectivity index (χ2v) is 7.56. The number of carbonyl (C=O) groups is 2. The molecule has 1 unspecified atom stereocenters. The first-order valence-electron chi connectivity index (χ1n) is 9.36. The molecule has 3 aromatic rings. The molecule has 0 spiro atoms. The summed E-state index contributed by atoms with van der Waals surface area (Å²) in [5, 5.41) is 3.57. The largest absolute Gasteiger partial charge is 0.496 e. The lowest BCUT2D eigenvalue weighted by atomic mass is 10.0. The van der Waals surface area contributed by atoms with Crippen LogP contribution in [0.4, 0.5) is 0 Å². The molecule has 0 aliphatic carbocycles. The number of methoxy groups -OCH3 is 4. The third kappa shape index (κ3) is 4.77. The van der Waals surface area contributed by atoms with Gasteiger partial charge >= 0.3 is 5.97 Å². The number of aromatic amines is 1. The number of H-pyrrole nitrogens is 1. The van der Waals surface area contributed by atoms with Crippen LogP contribution >= 0.6 is 15.9 Å². The number of ether oxygens (including phenoxy) is 4. The van der Waals surface area contributed by atoms with Gasteiger partial charge in [0, 0.05) is 15.9 Å². The topological polar surface area (TPSA) is 98.9 Å². The molecule has 31 heavy (non-hydrogen) atoms. The summed E-state index contributed by atoms with van der Waals surface area (Å²) in [6.07, 6.45) is -0.0145. The van der Waals surface area contributed by atoms with Gasteiger partial charge in [-0.1, -0.05) is 28.1 Å². The van der Waals surface area contributed by atoms with Gasteiger partial charge in [-0.3, -0.25) is 9.59 Å². The number of hydrogen-bond donors (Lipinski definition) is 2. The number of rotatable bonds is 8. The van der Waals surface area contributed by atoms with Gasteiger partial charge in [0.05, 0.1) is 46.4 Å². The van der Waals surface area contributed by atoms with Gasteiger partial charge in [-0.2, -0.15) is 0 Å². The van der Waals surface area contributed by atoms with Crippen LogP contribution in [-0.4, -0.2) is 45.3 Å². The summed E-state index contributed by atoms with van der Waals surface area (Å²) < 4.78 is 21.9. The summed E-state index contributed by atoms with van der Waals surface area (Å²) in [5.74, 6) is 0.623. The van der Waals surface area contributed by atoms with E-state index in [4.69, 9.17) is 18.9 Å². The molecule has 1 heterocycles. The van der Waals surface area contributed by atoms with E-state index in [2.05, 4.69) is 26.2 Å². The number of carbonyl (C=O) groups excluding carboxylic acids is 2. The van der Waals surface area contributed by atoms with Crippen LogP contribution in [0.15, 0.2) is 40.9 Å². The summed E-state index contributed by atoms with van der Waals surface area (Å²) in [6, 6.07) is 10.2. The Morgan fingerprint density at radius 1 is 1.03 bits per heavy atom. The zero-order valence-electron chi connectivity index (χ0n) is 17.6. The van der Waals surface area contributed by atoms with Crippen molar-refractivity contribution in [3.05, 3.63) is 52.1 Å². The van der Waals surface area contributed by atoms with E-state index >= 15 is 0 Å². The Morgan fingerprint density at radius 2 is 1.77 bits per heavy atom. The lowest BCUT2D eigenvalue weighted by Crippen LogP contribution is -2.30. The summed E-state index contributed by atoms with van der Waals surface area (Å²) >= 11 is 3.42. The van der Waals surface area contributed by atoms with Gasteiger partial charge < -0.3 is 29.2 Å². The number of esters is 1. The van der Waals surface area contributed by atoms with Crippen LogP contribution in [-0.2, 0) is 9.53 Å². The molecule has 0 saturated carbocycles. The first-order valence-corrected chi connectivity index (χ1v) is 10.2. The van der Waals surface area contributed by atoms with Gasteiger partial charge in [0.25, 0.3) is 5.91 Å². The summed E-state index contributed by atoms with van der Waals surface area (Å²) in [5.41, 5.74) is 1.61. The molecule has 0 radical (unpaired) electrons. The van der Waals surface area contributed by atoms with Crippen molar-refractivity contribution in [2.45, 2.75) is 12.5 Å². The van der Waals surface area contributed by atoms with E-state index < -0.39 is 17.9 Å². The molecule has 1 aromatic heterocycles. The fourth-order valence-corrected chi connectivity index (χ4v) is 3.74. The molecule has 8 nitrogen and oxygen atoms in total. The normalized spacial score (nSPS) is 11.6. The van der Waals surface area contributed by atoms with E-state index in [1.54, 1.807) is 12.1 Å². The van der Waals surface area contributed by atoms with Crippen molar-refractivity contribution in [3.63, 3.8) is 0 Å². The molecule has 0 aliphatic rings. The highest BCUT2D eigenvalue weighted by molar-refractivity contribution is 9.10. The molecular formula is C22H23BrN2O6. The molecule has 2 N–H and O–H groups in total. The Kier molecular flexibility index (Phi) is 7.06. The Morgan fingerprint density at radius 3 is 2.39 bits per heavy atom. The highest BCUT2D eigenvalue weighted by atomic mass is 79.9. The van der Waals surface area contributed by atoms with E-state index in [1.807, 2.05) is 24.3 Å². The van der Waals surface area contributed by atoms with Crippen LogP contribution in [0.3, 0.4) is 0 Å². The molecule has 0 bridgehead atoms. The Bertz CT molecular complexity index is 1110. The van der Waals surface area contributed by atoms with Gasteiger partial charge in [0.2, 0.25) is 0 Å². The molecule has 9 heteroatoms. The maximum absolute atomic E-state index is 13.1. The molecule has 2 aromatic carbocycles. The second kappa shape index (κ2) is 9.74. The van der Waals surface area contributed by atoms with Crippen LogP contribution in [0.25, 0.3) is 10.9 Å². The van der Waals surface area contributed by atoms with Crippen LogP contribution in [0.1, 0.15) is 28.5 Å². The van der Waals surface area contributed by atoms with Gasteiger partial charge in [-0.25, -0.2) is 0 Å². The van der Waals surface area contributed by atoms with E-state index in [0.29, 0.717) is 28.2 Å². The maximum atomic E-state index is 13.1. The fourth-order valence-electron chi connectivity index (χ4n) is 3.32. The zero-order chi connectivity index (χ0) is 22.5. The summed E-state index contributed by atoms with van der Waals surface area (Å²) in [6.45, 7) is 0. The quantitative estimate of drug-likeness (QED) is 0.463. The predicted molar refractivity (Wildman–Crippen MR) is 119 cm³/mol. The number of halogens is 1. The minimum Gasteiger partial charge on any atom is -0.496 e. The van der Waals surface area contributed by atoms with Crippen molar-refractivity contribution in [2.24, 2.45) is 0 Å². The molecule has 164 valence electrons. The highest BCUT2D eigenvalue weighted by Gasteiger charge is 2.23. The number of hydrogen-bond acceptors (Lipinski definition) is 6. The number of aromatic nitrogens is 1. The molecule has 0 fully saturated rings. The highest BCUT2D eigenvalue weighted by Crippen LogP contribution is 2.41. The van der Waals surface area contributed by atoms with Gasteiger partial charge in [0.1, 0.15) is 11.4 Å². The van der Waals surface area contributed by atoms with Crippen molar-refractivity contribution in [1.82, 2.24) is 10.3 Å². The smallest absolute Gasteiger partial charge is 0.307 e. The average Bonchev–Trinajstić information content (AvgIpc) is 3.22. The van der Waals surface area contributed by atoms with Crippen LogP contribution in [0.2, 0.25) is 0 Å².